The molecule has 4 nitrogen and oxygen atoms in total. The molecule has 1 aromatic rings. The van der Waals surface area contributed by atoms with Crippen molar-refractivity contribution in [3.63, 3.8) is 0 Å². The molecule has 1 aliphatic rings. The minimum absolute atomic E-state index is 0.663. The van der Waals surface area contributed by atoms with E-state index in [0.29, 0.717) is 6.04 Å². The first kappa shape index (κ1) is 17.5. The fourth-order valence-corrected chi connectivity index (χ4v) is 3.32. The summed E-state index contributed by atoms with van der Waals surface area (Å²) in [7, 11) is 0. The molecule has 1 saturated heterocycles. The lowest BCUT2D eigenvalue weighted by Crippen LogP contribution is -2.41. The van der Waals surface area contributed by atoms with Crippen LogP contribution in [-0.4, -0.2) is 35.6 Å². The van der Waals surface area contributed by atoms with Gasteiger partial charge in [-0.25, -0.2) is 4.98 Å². The molecule has 0 saturated carbocycles. The van der Waals surface area contributed by atoms with Crippen molar-refractivity contribution in [3.8, 4) is 0 Å². The molecule has 1 N–H and O–H groups in total. The van der Waals surface area contributed by atoms with Gasteiger partial charge in [0.05, 0.1) is 12.2 Å². The van der Waals surface area contributed by atoms with E-state index in [4.69, 9.17) is 4.42 Å². The Balaban J connectivity index is 1.71. The number of hydrogen-bond donors (Lipinski definition) is 1. The zero-order valence-corrected chi connectivity index (χ0v) is 15.0. The molecule has 2 rings (SSSR count). The molecule has 1 unspecified atom stereocenters. The van der Waals surface area contributed by atoms with E-state index in [1.165, 1.54) is 25.8 Å². The maximum Gasteiger partial charge on any atom is 0.208 e. The molecular weight excluding hydrogens is 274 g/mol. The molecule has 0 bridgehead atoms. The third-order valence-electron chi connectivity index (χ3n) is 5.05. The van der Waals surface area contributed by atoms with E-state index >= 15 is 0 Å². The van der Waals surface area contributed by atoms with Crippen molar-refractivity contribution in [1.82, 2.24) is 15.2 Å². The zero-order valence-electron chi connectivity index (χ0n) is 15.0. The van der Waals surface area contributed by atoms with Crippen molar-refractivity contribution < 1.29 is 4.42 Å². The maximum atomic E-state index is 5.70. The summed E-state index contributed by atoms with van der Waals surface area (Å²) in [5.74, 6) is 3.37. The van der Waals surface area contributed by atoms with Crippen LogP contribution in [0.3, 0.4) is 0 Å². The number of nitrogens with zero attached hydrogens (tertiary/aromatic N) is 2. The molecule has 4 heteroatoms. The molecule has 2 heterocycles. The standard InChI is InChI=1S/C18H33N3O/c1-6-17(13(2)3)19-11-16-7-9-21(10-8-16)12-18-20-14(4)15(5)22-18/h13,16-17,19H,6-12H2,1-5H3. The van der Waals surface area contributed by atoms with Crippen molar-refractivity contribution in [2.24, 2.45) is 11.8 Å². The summed E-state index contributed by atoms with van der Waals surface area (Å²) in [6, 6.07) is 0.663. The second kappa shape index (κ2) is 8.11. The highest BCUT2D eigenvalue weighted by atomic mass is 16.4. The molecular formula is C18H33N3O. The van der Waals surface area contributed by atoms with E-state index in [2.05, 4.69) is 36.0 Å². The quantitative estimate of drug-likeness (QED) is 0.837. The molecule has 1 fully saturated rings. The highest BCUT2D eigenvalue weighted by Crippen LogP contribution is 2.20. The number of aromatic nitrogens is 1. The van der Waals surface area contributed by atoms with Crippen molar-refractivity contribution in [2.75, 3.05) is 19.6 Å². The maximum absolute atomic E-state index is 5.70. The normalized spacial score (nSPS) is 19.0. The largest absolute Gasteiger partial charge is 0.444 e. The fraction of sp³-hybridized carbons (Fsp3) is 0.833. The Labute approximate surface area is 135 Å². The molecule has 0 aromatic carbocycles. The van der Waals surface area contributed by atoms with Crippen LogP contribution in [0.4, 0.5) is 0 Å². The van der Waals surface area contributed by atoms with E-state index in [1.54, 1.807) is 0 Å². The van der Waals surface area contributed by atoms with E-state index in [-0.39, 0.29) is 0 Å². The van der Waals surface area contributed by atoms with Crippen LogP contribution in [0.25, 0.3) is 0 Å². The van der Waals surface area contributed by atoms with Gasteiger partial charge in [-0.05, 0) is 64.6 Å². The Morgan fingerprint density at radius 2 is 1.95 bits per heavy atom. The van der Waals surface area contributed by atoms with Gasteiger partial charge in [-0.1, -0.05) is 20.8 Å². The summed E-state index contributed by atoms with van der Waals surface area (Å²) in [6.45, 7) is 15.2. The SMILES string of the molecule is CCC(NCC1CCN(Cc2nc(C)c(C)o2)CC1)C(C)C. The van der Waals surface area contributed by atoms with Gasteiger partial charge in [0.1, 0.15) is 5.76 Å². The van der Waals surface area contributed by atoms with Crippen LogP contribution >= 0.6 is 0 Å². The van der Waals surface area contributed by atoms with Gasteiger partial charge in [0.15, 0.2) is 0 Å². The van der Waals surface area contributed by atoms with Gasteiger partial charge in [-0.3, -0.25) is 4.90 Å². The Morgan fingerprint density at radius 1 is 1.27 bits per heavy atom. The first-order chi connectivity index (χ1) is 10.5. The lowest BCUT2D eigenvalue weighted by Gasteiger charge is -2.32. The number of hydrogen-bond acceptors (Lipinski definition) is 4. The van der Waals surface area contributed by atoms with E-state index in [9.17, 15) is 0 Å². The number of nitrogens with one attached hydrogen (secondary N) is 1. The number of oxazole rings is 1. The summed E-state index contributed by atoms with van der Waals surface area (Å²) in [4.78, 5) is 6.97. The number of rotatable bonds is 7. The number of aryl methyl sites for hydroxylation is 2. The monoisotopic (exact) mass is 307 g/mol. The van der Waals surface area contributed by atoms with Crippen LogP contribution in [0.15, 0.2) is 4.42 Å². The summed E-state index contributed by atoms with van der Waals surface area (Å²) >= 11 is 0. The van der Waals surface area contributed by atoms with Crippen molar-refractivity contribution in [1.29, 1.82) is 0 Å². The lowest BCUT2D eigenvalue weighted by molar-refractivity contribution is 0.158. The summed E-state index contributed by atoms with van der Waals surface area (Å²) in [6.07, 6.45) is 3.78. The third-order valence-corrected chi connectivity index (χ3v) is 5.05. The summed E-state index contributed by atoms with van der Waals surface area (Å²) in [5.41, 5.74) is 1.02. The van der Waals surface area contributed by atoms with Gasteiger partial charge in [-0.15, -0.1) is 0 Å². The fourth-order valence-electron chi connectivity index (χ4n) is 3.32. The molecule has 1 atom stereocenters. The van der Waals surface area contributed by atoms with Gasteiger partial charge in [0, 0.05) is 6.04 Å². The van der Waals surface area contributed by atoms with Crippen LogP contribution in [-0.2, 0) is 6.54 Å². The molecule has 1 aromatic heterocycles. The van der Waals surface area contributed by atoms with Gasteiger partial charge in [0.25, 0.3) is 0 Å². The third kappa shape index (κ3) is 4.82. The highest BCUT2D eigenvalue weighted by Gasteiger charge is 2.22. The van der Waals surface area contributed by atoms with Gasteiger partial charge >= 0.3 is 0 Å². The van der Waals surface area contributed by atoms with Crippen molar-refractivity contribution in [2.45, 2.75) is 66.5 Å². The minimum Gasteiger partial charge on any atom is -0.444 e. The van der Waals surface area contributed by atoms with Gasteiger partial charge in [0.2, 0.25) is 5.89 Å². The molecule has 22 heavy (non-hydrogen) atoms. The van der Waals surface area contributed by atoms with E-state index < -0.39 is 0 Å². The second-order valence-electron chi connectivity index (χ2n) is 7.14. The molecule has 126 valence electrons. The summed E-state index contributed by atoms with van der Waals surface area (Å²) < 4.78 is 5.70. The number of piperidine rings is 1. The van der Waals surface area contributed by atoms with Crippen LogP contribution in [0.2, 0.25) is 0 Å². The molecule has 0 aliphatic carbocycles. The molecule has 1 aliphatic heterocycles. The van der Waals surface area contributed by atoms with Gasteiger partial charge in [-0.2, -0.15) is 0 Å². The number of likely N-dealkylation sites (tertiary alicyclic amines) is 1. The minimum atomic E-state index is 0.663. The van der Waals surface area contributed by atoms with Crippen LogP contribution in [0, 0.1) is 25.7 Å². The molecule has 0 radical (unpaired) electrons. The highest BCUT2D eigenvalue weighted by molar-refractivity contribution is 5.05. The average Bonchev–Trinajstić information content (AvgIpc) is 2.79. The van der Waals surface area contributed by atoms with Gasteiger partial charge < -0.3 is 9.73 Å². The van der Waals surface area contributed by atoms with E-state index in [0.717, 1.165) is 48.8 Å². The van der Waals surface area contributed by atoms with Crippen LogP contribution in [0.1, 0.15) is 57.4 Å². The molecule has 0 amide bonds. The summed E-state index contributed by atoms with van der Waals surface area (Å²) in [5, 5.41) is 3.76. The Morgan fingerprint density at radius 3 is 2.45 bits per heavy atom. The van der Waals surface area contributed by atoms with E-state index in [1.807, 2.05) is 13.8 Å². The average molecular weight is 307 g/mol. The Kier molecular flexibility index (Phi) is 6.45. The predicted octanol–water partition coefficient (Wildman–Crippen LogP) is 3.53. The smallest absolute Gasteiger partial charge is 0.208 e. The Hall–Kier alpha value is -0.870. The first-order valence-electron chi connectivity index (χ1n) is 8.88. The van der Waals surface area contributed by atoms with Crippen molar-refractivity contribution in [3.05, 3.63) is 17.3 Å². The first-order valence-corrected chi connectivity index (χ1v) is 8.88. The van der Waals surface area contributed by atoms with Crippen LogP contribution < -0.4 is 5.32 Å². The zero-order chi connectivity index (χ0) is 16.1. The van der Waals surface area contributed by atoms with Crippen LogP contribution in [0.5, 0.6) is 0 Å². The topological polar surface area (TPSA) is 41.3 Å². The molecule has 0 spiro atoms. The Bertz CT molecular complexity index is 428. The van der Waals surface area contributed by atoms with Crippen molar-refractivity contribution >= 4 is 0 Å². The lowest BCUT2D eigenvalue weighted by atomic mass is 9.95. The predicted molar refractivity (Wildman–Crippen MR) is 90.9 cm³/mol. The second-order valence-corrected chi connectivity index (χ2v) is 7.14.